The molecule has 6 nitrogen and oxygen atoms in total. The van der Waals surface area contributed by atoms with Crippen LogP contribution in [0.3, 0.4) is 0 Å². The first-order valence-electron chi connectivity index (χ1n) is 9.43. The number of nitrogens with one attached hydrogen (secondary N) is 1. The quantitative estimate of drug-likeness (QED) is 0.595. The zero-order valence-corrected chi connectivity index (χ0v) is 16.9. The SMILES string of the molecule is CC(=O)c1ccc(NC(=O)[C@H](C)Sc2nnc(C3CCCCC3)n2C)cc1. The van der Waals surface area contributed by atoms with Crippen LogP contribution in [0.4, 0.5) is 5.69 Å². The molecule has 7 heteroatoms. The van der Waals surface area contributed by atoms with Crippen LogP contribution in [0.15, 0.2) is 29.4 Å². The molecule has 1 aliphatic rings. The summed E-state index contributed by atoms with van der Waals surface area (Å²) in [5.41, 5.74) is 1.31. The third-order valence-corrected chi connectivity index (χ3v) is 6.18. The molecule has 3 rings (SSSR count). The van der Waals surface area contributed by atoms with Crippen molar-refractivity contribution in [2.75, 3.05) is 5.32 Å². The second kappa shape index (κ2) is 8.69. The smallest absolute Gasteiger partial charge is 0.237 e. The lowest BCUT2D eigenvalue weighted by molar-refractivity contribution is -0.115. The van der Waals surface area contributed by atoms with Crippen LogP contribution in [0.2, 0.25) is 0 Å². The molecule has 1 atom stereocenters. The first-order valence-corrected chi connectivity index (χ1v) is 10.3. The Morgan fingerprint density at radius 3 is 2.44 bits per heavy atom. The van der Waals surface area contributed by atoms with Crippen LogP contribution >= 0.6 is 11.8 Å². The molecule has 1 aromatic carbocycles. The second-order valence-electron chi connectivity index (χ2n) is 7.12. The summed E-state index contributed by atoms with van der Waals surface area (Å²) < 4.78 is 2.03. The molecule has 0 radical (unpaired) electrons. The van der Waals surface area contributed by atoms with E-state index in [1.807, 2.05) is 18.5 Å². The zero-order chi connectivity index (χ0) is 19.4. The summed E-state index contributed by atoms with van der Waals surface area (Å²) in [4.78, 5) is 23.8. The van der Waals surface area contributed by atoms with Gasteiger partial charge in [-0.2, -0.15) is 0 Å². The van der Waals surface area contributed by atoms with E-state index in [4.69, 9.17) is 0 Å². The number of anilines is 1. The van der Waals surface area contributed by atoms with E-state index in [9.17, 15) is 9.59 Å². The summed E-state index contributed by atoms with van der Waals surface area (Å²) in [5, 5.41) is 12.1. The van der Waals surface area contributed by atoms with E-state index in [-0.39, 0.29) is 16.9 Å². The Kier molecular flexibility index (Phi) is 6.31. The lowest BCUT2D eigenvalue weighted by atomic mass is 9.89. The van der Waals surface area contributed by atoms with E-state index in [0.29, 0.717) is 17.2 Å². The Balaban J connectivity index is 1.61. The summed E-state index contributed by atoms with van der Waals surface area (Å²) in [7, 11) is 1.98. The lowest BCUT2D eigenvalue weighted by Gasteiger charge is -2.20. The summed E-state index contributed by atoms with van der Waals surface area (Å²) in [5.74, 6) is 1.42. The number of rotatable bonds is 6. The van der Waals surface area contributed by atoms with Crippen LogP contribution < -0.4 is 5.32 Å². The van der Waals surface area contributed by atoms with Crippen molar-refractivity contribution in [3.05, 3.63) is 35.7 Å². The van der Waals surface area contributed by atoms with Crippen molar-refractivity contribution in [2.24, 2.45) is 7.05 Å². The van der Waals surface area contributed by atoms with Crippen molar-refractivity contribution in [1.29, 1.82) is 0 Å². The molecular formula is C20H26N4O2S. The van der Waals surface area contributed by atoms with Crippen molar-refractivity contribution in [3.8, 4) is 0 Å². The molecule has 2 aromatic rings. The maximum atomic E-state index is 12.5. The summed E-state index contributed by atoms with van der Waals surface area (Å²) in [6, 6.07) is 6.93. The van der Waals surface area contributed by atoms with Crippen molar-refractivity contribution in [3.63, 3.8) is 0 Å². The average Bonchev–Trinajstić information content (AvgIpc) is 3.03. The highest BCUT2D eigenvalue weighted by atomic mass is 32.2. The fourth-order valence-corrected chi connectivity index (χ4v) is 4.21. The topological polar surface area (TPSA) is 76.9 Å². The minimum absolute atomic E-state index is 0.00727. The summed E-state index contributed by atoms with van der Waals surface area (Å²) >= 11 is 1.41. The number of nitrogens with zero attached hydrogens (tertiary/aromatic N) is 3. The monoisotopic (exact) mass is 386 g/mol. The molecule has 1 N–H and O–H groups in total. The van der Waals surface area contributed by atoms with E-state index in [1.54, 1.807) is 24.3 Å². The fourth-order valence-electron chi connectivity index (χ4n) is 3.39. The first-order chi connectivity index (χ1) is 13.0. The number of hydrogen-bond acceptors (Lipinski definition) is 5. The Labute approximate surface area is 164 Å². The first kappa shape index (κ1) is 19.6. The van der Waals surface area contributed by atoms with Gasteiger partial charge < -0.3 is 9.88 Å². The Hall–Kier alpha value is -2.15. The molecule has 0 aliphatic heterocycles. The van der Waals surface area contributed by atoms with Gasteiger partial charge >= 0.3 is 0 Å². The highest BCUT2D eigenvalue weighted by Crippen LogP contribution is 2.33. The molecule has 0 spiro atoms. The molecular weight excluding hydrogens is 360 g/mol. The van der Waals surface area contributed by atoms with Gasteiger partial charge in [0.05, 0.1) is 5.25 Å². The van der Waals surface area contributed by atoms with E-state index in [1.165, 1.54) is 50.8 Å². The molecule has 0 saturated heterocycles. The van der Waals surface area contributed by atoms with Crippen LogP contribution in [0, 0.1) is 0 Å². The van der Waals surface area contributed by atoms with Gasteiger partial charge in [-0.1, -0.05) is 31.0 Å². The van der Waals surface area contributed by atoms with Gasteiger partial charge in [0.1, 0.15) is 5.82 Å². The normalized spacial score (nSPS) is 16.1. The number of aromatic nitrogens is 3. The van der Waals surface area contributed by atoms with Crippen LogP contribution in [-0.4, -0.2) is 31.7 Å². The van der Waals surface area contributed by atoms with E-state index < -0.39 is 0 Å². The van der Waals surface area contributed by atoms with E-state index in [0.717, 1.165) is 11.0 Å². The van der Waals surface area contributed by atoms with Gasteiger partial charge in [0.15, 0.2) is 10.9 Å². The molecule has 1 aromatic heterocycles. The number of ketones is 1. The number of carbonyl (C=O) groups excluding carboxylic acids is 2. The minimum Gasteiger partial charge on any atom is -0.325 e. The van der Waals surface area contributed by atoms with E-state index in [2.05, 4.69) is 15.5 Å². The standard InChI is InChI=1S/C20H26N4O2S/c1-13(25)15-9-11-17(12-10-15)21-19(26)14(2)27-20-23-22-18(24(20)3)16-7-5-4-6-8-16/h9-12,14,16H,4-8H2,1-3H3,(H,21,26)/t14-/m0/s1. The maximum Gasteiger partial charge on any atom is 0.237 e. The molecule has 1 fully saturated rings. The molecule has 1 amide bonds. The molecule has 144 valence electrons. The van der Waals surface area contributed by atoms with Gasteiger partial charge in [0.2, 0.25) is 5.91 Å². The van der Waals surface area contributed by atoms with E-state index >= 15 is 0 Å². The van der Waals surface area contributed by atoms with Crippen molar-refractivity contribution < 1.29 is 9.59 Å². The highest BCUT2D eigenvalue weighted by molar-refractivity contribution is 8.00. The Morgan fingerprint density at radius 1 is 1.15 bits per heavy atom. The highest BCUT2D eigenvalue weighted by Gasteiger charge is 2.24. The van der Waals surface area contributed by atoms with Crippen LogP contribution in [0.25, 0.3) is 0 Å². The minimum atomic E-state index is -0.306. The number of thioether (sulfide) groups is 1. The maximum absolute atomic E-state index is 12.5. The average molecular weight is 387 g/mol. The fraction of sp³-hybridized carbons (Fsp3) is 0.500. The largest absolute Gasteiger partial charge is 0.325 e. The molecule has 0 unspecified atom stereocenters. The number of amides is 1. The van der Waals surface area contributed by atoms with Gasteiger partial charge in [0, 0.05) is 24.2 Å². The van der Waals surface area contributed by atoms with Gasteiger partial charge in [-0.3, -0.25) is 9.59 Å². The van der Waals surface area contributed by atoms with Crippen LogP contribution in [0.1, 0.15) is 68.1 Å². The predicted molar refractivity (Wildman–Crippen MR) is 107 cm³/mol. The summed E-state index contributed by atoms with van der Waals surface area (Å²) in [6.45, 7) is 3.38. The number of hydrogen-bond donors (Lipinski definition) is 1. The van der Waals surface area contributed by atoms with Gasteiger partial charge in [-0.15, -0.1) is 10.2 Å². The van der Waals surface area contributed by atoms with Gasteiger partial charge in [0.25, 0.3) is 0 Å². The van der Waals surface area contributed by atoms with Crippen molar-refractivity contribution >= 4 is 29.1 Å². The summed E-state index contributed by atoms with van der Waals surface area (Å²) in [6.07, 6.45) is 6.15. The molecule has 1 aliphatic carbocycles. The molecule has 1 heterocycles. The lowest BCUT2D eigenvalue weighted by Crippen LogP contribution is -2.23. The number of benzene rings is 1. The predicted octanol–water partition coefficient (Wildman–Crippen LogP) is 4.18. The second-order valence-corrected chi connectivity index (χ2v) is 8.43. The Bertz CT molecular complexity index is 810. The van der Waals surface area contributed by atoms with Gasteiger partial charge in [-0.25, -0.2) is 0 Å². The molecule has 27 heavy (non-hydrogen) atoms. The van der Waals surface area contributed by atoms with Gasteiger partial charge in [-0.05, 0) is 51.0 Å². The number of Topliss-reactive ketones (excluding diaryl/α,β-unsaturated/α-hetero) is 1. The molecule has 0 bridgehead atoms. The third kappa shape index (κ3) is 4.77. The van der Waals surface area contributed by atoms with Crippen molar-refractivity contribution in [1.82, 2.24) is 14.8 Å². The third-order valence-electron chi connectivity index (χ3n) is 5.05. The zero-order valence-electron chi connectivity index (χ0n) is 16.1. The van der Waals surface area contributed by atoms with Crippen LogP contribution in [-0.2, 0) is 11.8 Å². The molecule has 1 saturated carbocycles. The van der Waals surface area contributed by atoms with Crippen LogP contribution in [0.5, 0.6) is 0 Å². The number of carbonyl (C=O) groups is 2. The van der Waals surface area contributed by atoms with Crippen molar-refractivity contribution in [2.45, 2.75) is 62.3 Å². The Morgan fingerprint density at radius 2 is 1.81 bits per heavy atom.